The molecule has 4 heteroatoms. The van der Waals surface area contributed by atoms with Crippen LogP contribution in [0, 0.1) is 0 Å². The minimum Gasteiger partial charge on any atom is -2.00 e. The van der Waals surface area contributed by atoms with E-state index < -0.39 is 0 Å². The Bertz CT molecular complexity index is 6.00. The van der Waals surface area contributed by atoms with E-state index >= 15 is 0 Å². The maximum Gasteiger partial charge on any atom is 4.00 e. The fourth-order valence-electron chi connectivity index (χ4n) is 0. The Labute approximate surface area is 50.8 Å². The third-order valence-corrected chi connectivity index (χ3v) is 0. The molecule has 2 nitrogen and oxygen atoms in total. The molecule has 0 aliphatic carbocycles. The average molecular weight is 158 g/mol. The minimum absolute atomic E-state index is 0. The Kier molecular flexibility index (Phi) is 482. The molecule has 0 saturated heterocycles. The van der Waals surface area contributed by atoms with E-state index in [0.29, 0.717) is 0 Å². The molecule has 0 spiro atoms. The second-order valence-corrected chi connectivity index (χ2v) is 0. The van der Waals surface area contributed by atoms with Crippen LogP contribution in [0.3, 0.4) is 0 Å². The monoisotopic (exact) mass is 158 g/mol. The van der Waals surface area contributed by atoms with E-state index in [1.54, 1.807) is 0 Å². The Balaban J connectivity index is 0. The molecule has 0 heterocycles. The Morgan fingerprint density at radius 2 is 0.750 bits per heavy atom. The van der Waals surface area contributed by atoms with Gasteiger partial charge in [0.1, 0.15) is 0 Å². The van der Waals surface area contributed by atoms with Crippen LogP contribution in [0.4, 0.5) is 0 Å². The number of hydrogen-bond acceptors (Lipinski definition) is 0. The smallest absolute Gasteiger partial charge is 2.00 e. The van der Waals surface area contributed by atoms with Crippen LogP contribution in [0.2, 0.25) is 0 Å². The van der Waals surface area contributed by atoms with Gasteiger partial charge in [-0.25, -0.2) is 0 Å². The maximum atomic E-state index is 0. The van der Waals surface area contributed by atoms with Crippen molar-refractivity contribution in [2.24, 2.45) is 0 Å². The fourth-order valence-corrected chi connectivity index (χ4v) is 0. The van der Waals surface area contributed by atoms with E-state index in [9.17, 15) is 0 Å². The van der Waals surface area contributed by atoms with Gasteiger partial charge in [-0.1, -0.05) is 0 Å². The number of rotatable bonds is 0. The molecular weight excluding hydrogens is 155 g/mol. The van der Waals surface area contributed by atoms with E-state index in [1.807, 2.05) is 0 Å². The van der Waals surface area contributed by atoms with Gasteiger partial charge in [-0.2, -0.15) is 0 Å². The van der Waals surface area contributed by atoms with Crippen LogP contribution in [-0.2, 0) is 32.7 Å². The van der Waals surface area contributed by atoms with Crippen molar-refractivity contribution in [1.29, 1.82) is 0 Å². The standard InChI is InChI=1S/AsH3.2O.Ti/h1H3;;;/q;2*-2;+4. The normalized spacial score (nSPS) is 0. The molecule has 0 fully saturated rings. The Morgan fingerprint density at radius 1 is 0.750 bits per heavy atom. The van der Waals surface area contributed by atoms with Crippen molar-refractivity contribution in [3.63, 3.8) is 0 Å². The van der Waals surface area contributed by atoms with Gasteiger partial charge in [-0.3, -0.25) is 0 Å². The van der Waals surface area contributed by atoms with E-state index in [4.69, 9.17) is 0 Å². The van der Waals surface area contributed by atoms with E-state index in [-0.39, 0.29) is 50.6 Å². The number of hydrogen-bond donors (Lipinski definition) is 0. The predicted octanol–water partition coefficient (Wildman–Crippen LogP) is -1.42. The summed E-state index contributed by atoms with van der Waals surface area (Å²) in [6, 6.07) is 0. The first-order chi connectivity index (χ1) is 0. The third-order valence-electron chi connectivity index (χ3n) is 0. The van der Waals surface area contributed by atoms with E-state index in [2.05, 4.69) is 0 Å². The molecule has 0 N–H and O–H groups in total. The summed E-state index contributed by atoms with van der Waals surface area (Å²) < 4.78 is 0. The van der Waals surface area contributed by atoms with Gasteiger partial charge in [0.15, 0.2) is 0 Å². The van der Waals surface area contributed by atoms with Crippen molar-refractivity contribution < 1.29 is 32.7 Å². The molecule has 0 aromatic carbocycles. The fraction of sp³-hybridized carbons (Fsp3) is 0. The molecule has 0 saturated carbocycles. The van der Waals surface area contributed by atoms with Crippen LogP contribution in [0.5, 0.6) is 0 Å². The van der Waals surface area contributed by atoms with Crippen LogP contribution in [0.1, 0.15) is 0 Å². The van der Waals surface area contributed by atoms with Gasteiger partial charge in [-0.15, -0.1) is 0 Å². The third kappa shape index (κ3) is 10.8. The molecular formula is H3AsO2Ti. The summed E-state index contributed by atoms with van der Waals surface area (Å²) in [7, 11) is 0. The average Bonchev–Trinajstić information content (AvgIpc) is 0. The van der Waals surface area contributed by atoms with Crippen molar-refractivity contribution in [3.05, 3.63) is 0 Å². The van der Waals surface area contributed by atoms with Gasteiger partial charge in [0, 0.05) is 0 Å². The first-order valence-electron chi connectivity index (χ1n) is 0. The molecule has 1 atom stereocenters. The van der Waals surface area contributed by atoms with Crippen LogP contribution in [0.25, 0.3) is 0 Å². The largest absolute Gasteiger partial charge is 4.00 e. The molecule has 0 aliphatic heterocycles. The summed E-state index contributed by atoms with van der Waals surface area (Å²) in [6.45, 7) is 0. The molecule has 0 radical (unpaired) electrons. The van der Waals surface area contributed by atoms with Crippen LogP contribution >= 0.6 is 0 Å². The van der Waals surface area contributed by atoms with Gasteiger partial charge >= 0.3 is 39.7 Å². The van der Waals surface area contributed by atoms with Crippen molar-refractivity contribution in [2.75, 3.05) is 0 Å². The summed E-state index contributed by atoms with van der Waals surface area (Å²) in [4.78, 5) is 0. The zero-order chi connectivity index (χ0) is 0. The summed E-state index contributed by atoms with van der Waals surface area (Å²) in [5, 5.41) is 0. The Hall–Kier alpha value is 1.19. The second-order valence-electron chi connectivity index (χ2n) is 0. The van der Waals surface area contributed by atoms with Gasteiger partial charge in [0.25, 0.3) is 0 Å². The SMILES string of the molecule is [AsH3].[O-2].[O-2].[Ti+4]. The molecule has 0 aromatic heterocycles. The van der Waals surface area contributed by atoms with E-state index in [0.717, 1.165) is 0 Å². The van der Waals surface area contributed by atoms with Gasteiger partial charge in [-0.05, 0) is 0 Å². The minimum atomic E-state index is 0. The topological polar surface area (TPSA) is 57.0 Å². The molecule has 24 valence electrons. The quantitative estimate of drug-likeness (QED) is 0.388. The molecule has 0 aromatic rings. The summed E-state index contributed by atoms with van der Waals surface area (Å²) >= 11 is 0. The summed E-state index contributed by atoms with van der Waals surface area (Å²) in [5.41, 5.74) is 0. The van der Waals surface area contributed by atoms with Gasteiger partial charge < -0.3 is 11.0 Å². The molecule has 1 unspecified atom stereocenters. The van der Waals surface area contributed by atoms with Gasteiger partial charge in [0.05, 0.1) is 0 Å². The first kappa shape index (κ1) is 64.2. The zero-order valence-electron chi connectivity index (χ0n) is 2.02. The summed E-state index contributed by atoms with van der Waals surface area (Å²) in [6.07, 6.45) is 0. The van der Waals surface area contributed by atoms with E-state index in [1.165, 1.54) is 0 Å². The van der Waals surface area contributed by atoms with Crippen LogP contribution in [0.15, 0.2) is 0 Å². The molecule has 0 bridgehead atoms. The van der Waals surface area contributed by atoms with Gasteiger partial charge in [0.2, 0.25) is 0 Å². The summed E-state index contributed by atoms with van der Waals surface area (Å²) in [5.74, 6) is 0. The Morgan fingerprint density at radius 3 is 0.750 bits per heavy atom. The van der Waals surface area contributed by atoms with Crippen LogP contribution < -0.4 is 0 Å². The van der Waals surface area contributed by atoms with Crippen molar-refractivity contribution in [1.82, 2.24) is 0 Å². The predicted molar refractivity (Wildman–Crippen MR) is 11.3 cm³/mol. The molecule has 0 aliphatic rings. The first-order valence-corrected chi connectivity index (χ1v) is 0. The van der Waals surface area contributed by atoms with Crippen molar-refractivity contribution in [3.8, 4) is 0 Å². The van der Waals surface area contributed by atoms with Crippen LogP contribution in [-0.4, -0.2) is 18.0 Å². The maximum absolute atomic E-state index is 0. The second kappa shape index (κ2) is 30.0. The molecule has 0 rings (SSSR count). The van der Waals surface area contributed by atoms with Crippen molar-refractivity contribution in [2.45, 2.75) is 0 Å². The molecule has 4 heavy (non-hydrogen) atoms. The zero-order valence-corrected chi connectivity index (χ0v) is 6.55. The molecule has 0 amide bonds. The van der Waals surface area contributed by atoms with Crippen molar-refractivity contribution >= 4 is 18.0 Å².